The van der Waals surface area contributed by atoms with Gasteiger partial charge < -0.3 is 4.42 Å². The van der Waals surface area contributed by atoms with Crippen LogP contribution in [0.4, 0.5) is 0 Å². The third kappa shape index (κ3) is 2.42. The maximum Gasteiger partial charge on any atom is 0.261 e. The van der Waals surface area contributed by atoms with E-state index in [4.69, 9.17) is 12.6 Å². The molecule has 0 saturated carbocycles. The van der Waals surface area contributed by atoms with Crippen molar-refractivity contribution < 1.29 is 17.2 Å². The van der Waals surface area contributed by atoms with Crippen LogP contribution in [-0.2, 0) is 7.05 Å². The molecular formula is C24H21N2O+. The summed E-state index contributed by atoms with van der Waals surface area (Å²) < 4.78 is 53.9. The first-order valence-corrected chi connectivity index (χ1v) is 8.71. The number of nitrogens with zero attached hydrogens (tertiary/aromatic N) is 2. The number of rotatable bonds is 1. The normalized spacial score (nSPS) is 15.9. The highest BCUT2D eigenvalue weighted by Gasteiger charge is 2.22. The summed E-state index contributed by atoms with van der Waals surface area (Å²) in [5, 5.41) is 1.64. The Hall–Kier alpha value is -3.20. The van der Waals surface area contributed by atoms with E-state index in [9.17, 15) is 0 Å². The number of hydrogen-bond donors (Lipinski definition) is 0. The fourth-order valence-electron chi connectivity index (χ4n) is 3.75. The highest BCUT2D eigenvalue weighted by atomic mass is 16.3. The van der Waals surface area contributed by atoms with Crippen LogP contribution in [0.5, 0.6) is 0 Å². The minimum atomic E-state index is -2.20. The van der Waals surface area contributed by atoms with Gasteiger partial charge in [0.05, 0.1) is 5.52 Å². The lowest BCUT2D eigenvalue weighted by molar-refractivity contribution is -0.632. The molecule has 3 nitrogen and oxygen atoms in total. The average Bonchev–Trinajstić information content (AvgIpc) is 3.09. The van der Waals surface area contributed by atoms with Gasteiger partial charge in [0.1, 0.15) is 12.4 Å². The van der Waals surface area contributed by atoms with E-state index in [0.717, 1.165) is 33.1 Å². The van der Waals surface area contributed by atoms with E-state index in [1.165, 1.54) is 0 Å². The molecule has 5 rings (SSSR count). The zero-order valence-corrected chi connectivity index (χ0v) is 15.0. The van der Waals surface area contributed by atoms with E-state index in [2.05, 4.69) is 4.98 Å². The van der Waals surface area contributed by atoms with Crippen LogP contribution in [0.1, 0.15) is 24.9 Å². The first-order chi connectivity index (χ1) is 15.4. The lowest BCUT2D eigenvalue weighted by Gasteiger charge is -2.06. The molecule has 3 heteroatoms. The fraction of sp³-hybridized carbons (Fsp3) is 0.167. The standard InChI is InChI=1S/C24H21N2O/c1-14-6-8-18(16(3)11-14)21-9-10-22-23(26(21)4)19-13-17-7-5-15(2)12-20(17)25-24(19)27-22/h5-13H,1-4H3/q+1/i1D3,2D3. The molecule has 0 unspecified atom stereocenters. The van der Waals surface area contributed by atoms with Gasteiger partial charge in [0.15, 0.2) is 0 Å². The summed E-state index contributed by atoms with van der Waals surface area (Å²) in [7, 11) is 1.94. The number of hydrogen-bond acceptors (Lipinski definition) is 2. The predicted octanol–water partition coefficient (Wildman–Crippen LogP) is 5.55. The van der Waals surface area contributed by atoms with Gasteiger partial charge >= 0.3 is 0 Å². The van der Waals surface area contributed by atoms with Crippen LogP contribution >= 0.6 is 0 Å². The molecule has 0 radical (unpaired) electrons. The minimum absolute atomic E-state index is 0.238. The van der Waals surface area contributed by atoms with E-state index in [0.29, 0.717) is 22.4 Å². The topological polar surface area (TPSA) is 29.9 Å². The van der Waals surface area contributed by atoms with Crippen molar-refractivity contribution in [2.24, 2.45) is 7.05 Å². The number of furan rings is 1. The van der Waals surface area contributed by atoms with Crippen molar-refractivity contribution in [3.8, 4) is 11.3 Å². The van der Waals surface area contributed by atoms with Crippen LogP contribution in [0.15, 0.2) is 59.0 Å². The summed E-state index contributed by atoms with van der Waals surface area (Å²) in [6.45, 7) is -2.45. The van der Waals surface area contributed by atoms with E-state index in [1.807, 2.05) is 42.8 Å². The molecule has 0 fully saturated rings. The third-order valence-electron chi connectivity index (χ3n) is 5.07. The SMILES string of the molecule is [2H]C([2H])([2H])c1ccc(-c2ccc3oc4nc5cc(C([2H])([2H])[2H])ccc5cc4c3[n+]2C)c(C)c1. The molecule has 0 spiro atoms. The summed E-state index contributed by atoms with van der Waals surface area (Å²) >= 11 is 0. The lowest BCUT2D eigenvalue weighted by Crippen LogP contribution is -2.31. The smallest absolute Gasteiger partial charge is 0.261 e. The highest BCUT2D eigenvalue weighted by Crippen LogP contribution is 2.31. The molecule has 0 aliphatic carbocycles. The number of pyridine rings is 2. The Kier molecular flexibility index (Phi) is 2.27. The summed E-state index contributed by atoms with van der Waals surface area (Å²) in [6, 6.07) is 15.9. The van der Waals surface area contributed by atoms with Gasteiger partial charge in [-0.1, -0.05) is 29.8 Å². The number of aryl methyl sites for hydroxylation is 4. The van der Waals surface area contributed by atoms with Crippen molar-refractivity contribution in [3.05, 3.63) is 71.3 Å². The van der Waals surface area contributed by atoms with Crippen LogP contribution in [0.2, 0.25) is 0 Å². The molecule has 132 valence electrons. The Bertz CT molecular complexity index is 1560. The first-order valence-electron chi connectivity index (χ1n) is 11.7. The maximum atomic E-state index is 7.66. The van der Waals surface area contributed by atoms with Crippen molar-refractivity contribution >= 4 is 33.1 Å². The van der Waals surface area contributed by atoms with Crippen molar-refractivity contribution in [1.29, 1.82) is 0 Å². The molecule has 0 bridgehead atoms. The lowest BCUT2D eigenvalue weighted by atomic mass is 10.0. The van der Waals surface area contributed by atoms with Crippen molar-refractivity contribution in [1.82, 2.24) is 4.98 Å². The Balaban J connectivity index is 1.72. The Morgan fingerprint density at radius 3 is 2.59 bits per heavy atom. The molecule has 0 aliphatic heterocycles. The second-order valence-electron chi connectivity index (χ2n) is 6.87. The molecule has 5 aromatic rings. The number of aromatic nitrogens is 2. The second-order valence-corrected chi connectivity index (χ2v) is 6.87. The van der Waals surface area contributed by atoms with E-state index in [-0.39, 0.29) is 5.56 Å². The van der Waals surface area contributed by atoms with Gasteiger partial charge in [-0.25, -0.2) is 4.98 Å². The second kappa shape index (κ2) is 5.65. The molecule has 0 amide bonds. The molecule has 3 aromatic heterocycles. The largest absolute Gasteiger partial charge is 0.431 e. The summed E-state index contributed by atoms with van der Waals surface area (Å²) in [4.78, 5) is 4.60. The van der Waals surface area contributed by atoms with Crippen LogP contribution in [-0.4, -0.2) is 4.98 Å². The minimum Gasteiger partial charge on any atom is -0.431 e. The number of benzene rings is 2. The van der Waals surface area contributed by atoms with Crippen LogP contribution in [0.25, 0.3) is 44.4 Å². The van der Waals surface area contributed by atoms with E-state index < -0.39 is 13.7 Å². The van der Waals surface area contributed by atoms with E-state index >= 15 is 0 Å². The van der Waals surface area contributed by atoms with Gasteiger partial charge in [0.2, 0.25) is 17.0 Å². The highest BCUT2D eigenvalue weighted by molar-refractivity contribution is 6.04. The molecule has 27 heavy (non-hydrogen) atoms. The van der Waals surface area contributed by atoms with E-state index in [1.54, 1.807) is 30.3 Å². The average molecular weight is 359 g/mol. The molecule has 0 N–H and O–H groups in total. The van der Waals surface area contributed by atoms with Crippen molar-refractivity contribution in [3.63, 3.8) is 0 Å². The zero-order valence-electron chi connectivity index (χ0n) is 21.0. The molecule has 0 aliphatic rings. The van der Waals surface area contributed by atoms with Crippen LogP contribution in [0, 0.1) is 20.6 Å². The Morgan fingerprint density at radius 2 is 1.78 bits per heavy atom. The van der Waals surface area contributed by atoms with Gasteiger partial charge in [-0.3, -0.25) is 0 Å². The zero-order chi connectivity index (χ0) is 23.7. The first kappa shape index (κ1) is 10.8. The van der Waals surface area contributed by atoms with Gasteiger partial charge in [0.25, 0.3) is 5.52 Å². The molecule has 0 saturated heterocycles. The molecule has 3 heterocycles. The Morgan fingerprint density at radius 1 is 0.963 bits per heavy atom. The van der Waals surface area contributed by atoms with Crippen molar-refractivity contribution in [2.75, 3.05) is 0 Å². The van der Waals surface area contributed by atoms with Crippen LogP contribution in [0.3, 0.4) is 0 Å². The van der Waals surface area contributed by atoms with Crippen LogP contribution < -0.4 is 4.57 Å². The summed E-state index contributed by atoms with van der Waals surface area (Å²) in [5.74, 6) is 0. The summed E-state index contributed by atoms with van der Waals surface area (Å²) in [5.41, 5.74) is 5.78. The third-order valence-corrected chi connectivity index (χ3v) is 5.07. The molecule has 2 aromatic carbocycles. The maximum absolute atomic E-state index is 7.66. The summed E-state index contributed by atoms with van der Waals surface area (Å²) in [6.07, 6.45) is 0. The quantitative estimate of drug-likeness (QED) is 0.367. The molecule has 0 atom stereocenters. The predicted molar refractivity (Wildman–Crippen MR) is 110 cm³/mol. The van der Waals surface area contributed by atoms with Gasteiger partial charge in [-0.05, 0) is 56.0 Å². The van der Waals surface area contributed by atoms with Gasteiger partial charge in [-0.15, -0.1) is 0 Å². The number of fused-ring (bicyclic) bond motifs is 4. The fourth-order valence-corrected chi connectivity index (χ4v) is 3.75. The van der Waals surface area contributed by atoms with Crippen molar-refractivity contribution in [2.45, 2.75) is 20.6 Å². The molecular weight excluding hydrogens is 332 g/mol. The monoisotopic (exact) mass is 359 g/mol. The Labute approximate surface area is 166 Å². The van der Waals surface area contributed by atoms with Gasteiger partial charge in [0, 0.05) is 25.2 Å². The van der Waals surface area contributed by atoms with Gasteiger partial charge in [-0.2, -0.15) is 4.57 Å².